The summed E-state index contributed by atoms with van der Waals surface area (Å²) in [5.74, 6) is -0.321. The molecule has 0 radical (unpaired) electrons. The molecule has 0 fully saturated rings. The van der Waals surface area contributed by atoms with E-state index in [0.717, 1.165) is 24.1 Å². The fourth-order valence-electron chi connectivity index (χ4n) is 1.82. The van der Waals surface area contributed by atoms with Gasteiger partial charge in [0.2, 0.25) is 0 Å². The van der Waals surface area contributed by atoms with Gasteiger partial charge >= 0.3 is 0 Å². The van der Waals surface area contributed by atoms with Crippen LogP contribution in [-0.4, -0.2) is 16.6 Å². The van der Waals surface area contributed by atoms with Gasteiger partial charge in [0.05, 0.1) is 5.71 Å². The number of amides is 1. The van der Waals surface area contributed by atoms with Gasteiger partial charge in [0.25, 0.3) is 5.91 Å². The van der Waals surface area contributed by atoms with E-state index < -0.39 is 0 Å². The molecule has 1 N–H and O–H groups in total. The van der Waals surface area contributed by atoms with Gasteiger partial charge in [-0.05, 0) is 36.2 Å². The molecule has 0 aliphatic carbocycles. The molecular formula is C16H16ClN3O. The highest BCUT2D eigenvalue weighted by Crippen LogP contribution is 2.12. The first kappa shape index (κ1) is 15.2. The Morgan fingerprint density at radius 2 is 2.00 bits per heavy atom. The zero-order valence-corrected chi connectivity index (χ0v) is 12.5. The minimum absolute atomic E-state index is 0.321. The first-order valence-corrected chi connectivity index (χ1v) is 7.12. The zero-order valence-electron chi connectivity index (χ0n) is 11.7. The van der Waals surface area contributed by atoms with Gasteiger partial charge in [-0.15, -0.1) is 0 Å². The lowest BCUT2D eigenvalue weighted by Crippen LogP contribution is -2.21. The predicted octanol–water partition coefficient (Wildman–Crippen LogP) is 3.67. The van der Waals surface area contributed by atoms with Crippen LogP contribution in [0.15, 0.2) is 53.8 Å². The van der Waals surface area contributed by atoms with E-state index in [1.165, 1.54) is 0 Å². The number of halogens is 1. The van der Waals surface area contributed by atoms with Crippen LogP contribution in [-0.2, 0) is 0 Å². The molecule has 0 saturated heterocycles. The lowest BCUT2D eigenvalue weighted by Gasteiger charge is -2.06. The Balaban J connectivity index is 2.14. The molecule has 4 nitrogen and oxygen atoms in total. The second kappa shape index (κ2) is 7.55. The first-order valence-electron chi connectivity index (χ1n) is 6.74. The van der Waals surface area contributed by atoms with Crippen LogP contribution in [0.3, 0.4) is 0 Å². The van der Waals surface area contributed by atoms with Gasteiger partial charge < -0.3 is 0 Å². The lowest BCUT2D eigenvalue weighted by molar-refractivity contribution is 0.0950. The summed E-state index contributed by atoms with van der Waals surface area (Å²) < 4.78 is 0. The molecule has 1 heterocycles. The fraction of sp³-hybridized carbons (Fsp3) is 0.188. The van der Waals surface area contributed by atoms with Crippen LogP contribution in [0.2, 0.25) is 5.02 Å². The molecule has 108 valence electrons. The lowest BCUT2D eigenvalue weighted by atomic mass is 10.1. The number of nitrogens with zero attached hydrogens (tertiary/aromatic N) is 2. The van der Waals surface area contributed by atoms with Crippen molar-refractivity contribution in [2.45, 2.75) is 19.8 Å². The van der Waals surface area contributed by atoms with Crippen LogP contribution in [0, 0.1) is 0 Å². The van der Waals surface area contributed by atoms with Crippen LogP contribution in [0.4, 0.5) is 0 Å². The van der Waals surface area contributed by atoms with Crippen LogP contribution < -0.4 is 5.43 Å². The Kier molecular flexibility index (Phi) is 5.46. The average molecular weight is 302 g/mol. The molecule has 0 atom stereocenters. The monoisotopic (exact) mass is 301 g/mol. The summed E-state index contributed by atoms with van der Waals surface area (Å²) in [7, 11) is 0. The van der Waals surface area contributed by atoms with Gasteiger partial charge in [0.1, 0.15) is 5.69 Å². The second-order valence-corrected chi connectivity index (χ2v) is 4.91. The van der Waals surface area contributed by atoms with E-state index in [9.17, 15) is 4.79 Å². The molecule has 1 aromatic heterocycles. The van der Waals surface area contributed by atoms with Crippen LogP contribution in [0.5, 0.6) is 0 Å². The molecule has 0 spiro atoms. The smallest absolute Gasteiger partial charge is 0.266 e. The third-order valence-electron chi connectivity index (χ3n) is 2.85. The quantitative estimate of drug-likeness (QED) is 0.676. The summed E-state index contributed by atoms with van der Waals surface area (Å²) >= 11 is 5.88. The van der Waals surface area contributed by atoms with Crippen molar-refractivity contribution in [3.05, 3.63) is 64.9 Å². The Morgan fingerprint density at radius 3 is 2.62 bits per heavy atom. The molecule has 2 rings (SSSR count). The number of hydrogen-bond donors (Lipinski definition) is 1. The topological polar surface area (TPSA) is 54.4 Å². The summed E-state index contributed by atoms with van der Waals surface area (Å²) in [4.78, 5) is 15.9. The van der Waals surface area contributed by atoms with E-state index in [0.29, 0.717) is 10.7 Å². The van der Waals surface area contributed by atoms with Gasteiger partial charge in [-0.25, -0.2) is 5.43 Å². The summed E-state index contributed by atoms with van der Waals surface area (Å²) in [6.07, 6.45) is 3.27. The van der Waals surface area contributed by atoms with E-state index in [-0.39, 0.29) is 5.91 Å². The maximum atomic E-state index is 11.9. The maximum Gasteiger partial charge on any atom is 0.289 e. The first-order chi connectivity index (χ1) is 10.2. The van der Waals surface area contributed by atoms with Crippen molar-refractivity contribution in [1.82, 2.24) is 10.4 Å². The van der Waals surface area contributed by atoms with E-state index in [2.05, 4.69) is 22.4 Å². The van der Waals surface area contributed by atoms with Crippen molar-refractivity contribution in [3.8, 4) is 0 Å². The third-order valence-corrected chi connectivity index (χ3v) is 3.11. The van der Waals surface area contributed by atoms with Crippen LogP contribution in [0.25, 0.3) is 0 Å². The van der Waals surface area contributed by atoms with Gasteiger partial charge in [-0.3, -0.25) is 9.78 Å². The standard InChI is InChI=1S/C16H16ClN3O/c1-2-5-14(12-7-9-13(17)10-8-12)19-20-16(21)15-6-3-4-11-18-15/h3-4,6-11H,2,5H2,1H3,(H,20,21)/b19-14-. The van der Waals surface area contributed by atoms with Gasteiger partial charge in [0, 0.05) is 11.2 Å². The molecule has 2 aromatic rings. The van der Waals surface area contributed by atoms with Gasteiger partial charge in [0.15, 0.2) is 0 Å². The predicted molar refractivity (Wildman–Crippen MR) is 84.6 cm³/mol. The molecule has 5 heteroatoms. The number of hydrazone groups is 1. The highest BCUT2D eigenvalue weighted by atomic mass is 35.5. The highest BCUT2D eigenvalue weighted by molar-refractivity contribution is 6.30. The van der Waals surface area contributed by atoms with Gasteiger partial charge in [-0.2, -0.15) is 5.10 Å². The van der Waals surface area contributed by atoms with Crippen molar-refractivity contribution in [2.24, 2.45) is 5.10 Å². The number of aromatic nitrogens is 1. The normalized spacial score (nSPS) is 11.2. The second-order valence-electron chi connectivity index (χ2n) is 4.47. The summed E-state index contributed by atoms with van der Waals surface area (Å²) in [6.45, 7) is 2.06. The number of rotatable bonds is 5. The number of carbonyl (C=O) groups is 1. The Morgan fingerprint density at radius 1 is 1.24 bits per heavy atom. The van der Waals surface area contributed by atoms with Crippen molar-refractivity contribution in [3.63, 3.8) is 0 Å². The molecule has 0 aliphatic heterocycles. The average Bonchev–Trinajstić information content (AvgIpc) is 2.53. The molecule has 1 aromatic carbocycles. The Bertz CT molecular complexity index is 624. The molecular weight excluding hydrogens is 286 g/mol. The van der Waals surface area contributed by atoms with Crippen LogP contribution >= 0.6 is 11.6 Å². The molecule has 0 bridgehead atoms. The zero-order chi connectivity index (χ0) is 15.1. The number of pyridine rings is 1. The summed E-state index contributed by atoms with van der Waals surface area (Å²) in [6, 6.07) is 12.6. The van der Waals surface area contributed by atoms with E-state index >= 15 is 0 Å². The largest absolute Gasteiger partial charge is 0.289 e. The SMILES string of the molecule is CCC/C(=N/NC(=O)c1ccccn1)c1ccc(Cl)cc1. The molecule has 21 heavy (non-hydrogen) atoms. The Hall–Kier alpha value is -2.20. The number of carbonyl (C=O) groups excluding carboxylic acids is 1. The van der Waals surface area contributed by atoms with Crippen molar-refractivity contribution in [1.29, 1.82) is 0 Å². The number of benzene rings is 1. The third kappa shape index (κ3) is 4.39. The van der Waals surface area contributed by atoms with E-state index in [1.807, 2.05) is 24.3 Å². The highest BCUT2D eigenvalue weighted by Gasteiger charge is 2.07. The van der Waals surface area contributed by atoms with E-state index in [1.54, 1.807) is 24.4 Å². The molecule has 0 unspecified atom stereocenters. The minimum atomic E-state index is -0.321. The molecule has 1 amide bonds. The maximum absolute atomic E-state index is 11.9. The van der Waals surface area contributed by atoms with Crippen molar-refractivity contribution >= 4 is 23.2 Å². The van der Waals surface area contributed by atoms with Crippen molar-refractivity contribution in [2.75, 3.05) is 0 Å². The molecule has 0 saturated carbocycles. The molecule has 0 aliphatic rings. The van der Waals surface area contributed by atoms with Crippen LogP contribution in [0.1, 0.15) is 35.8 Å². The summed E-state index contributed by atoms with van der Waals surface area (Å²) in [5, 5.41) is 4.90. The Labute approximate surface area is 128 Å². The van der Waals surface area contributed by atoms with E-state index in [4.69, 9.17) is 11.6 Å². The minimum Gasteiger partial charge on any atom is -0.266 e. The number of nitrogens with one attached hydrogen (secondary N) is 1. The number of hydrogen-bond acceptors (Lipinski definition) is 3. The van der Waals surface area contributed by atoms with Gasteiger partial charge in [-0.1, -0.05) is 43.1 Å². The summed E-state index contributed by atoms with van der Waals surface area (Å²) in [5.41, 5.74) is 4.66. The fourth-order valence-corrected chi connectivity index (χ4v) is 1.94. The van der Waals surface area contributed by atoms with Crippen molar-refractivity contribution < 1.29 is 4.79 Å².